The maximum Gasteiger partial charge on any atom is 0.248 e. The monoisotopic (exact) mass is 306 g/mol. The molecule has 0 aromatic heterocycles. The predicted molar refractivity (Wildman–Crippen MR) is 87.3 cm³/mol. The molecule has 114 valence electrons. The third kappa shape index (κ3) is 3.40. The number of nitrogens with one attached hydrogen (secondary N) is 1. The van der Waals surface area contributed by atoms with Gasteiger partial charge in [0.25, 0.3) is 0 Å². The average Bonchev–Trinajstić information content (AvgIpc) is 2.92. The zero-order chi connectivity index (χ0) is 15.6. The minimum absolute atomic E-state index is 0.0427. The normalized spacial score (nSPS) is 18.1. The van der Waals surface area contributed by atoms with Crippen LogP contribution < -0.4 is 5.32 Å². The van der Waals surface area contributed by atoms with Crippen LogP contribution in [0.4, 0.5) is 5.69 Å². The molecule has 1 N–H and O–H groups in total. The number of amides is 2. The number of thioether (sulfide) groups is 1. The fraction of sp³-hybridized carbons (Fsp3) is 0.500. The molecule has 1 heterocycles. The first-order valence-corrected chi connectivity index (χ1v) is 8.32. The number of carbonyl (C=O) groups excluding carboxylic acids is 2. The summed E-state index contributed by atoms with van der Waals surface area (Å²) < 4.78 is 0. The summed E-state index contributed by atoms with van der Waals surface area (Å²) in [7, 11) is 0. The molecule has 0 aliphatic carbocycles. The summed E-state index contributed by atoms with van der Waals surface area (Å²) in [4.78, 5) is 26.4. The molecule has 1 aliphatic rings. The molecule has 2 rings (SSSR count). The fourth-order valence-electron chi connectivity index (χ4n) is 2.31. The van der Waals surface area contributed by atoms with Gasteiger partial charge in [-0.25, -0.2) is 0 Å². The average molecular weight is 306 g/mol. The van der Waals surface area contributed by atoms with E-state index in [1.54, 1.807) is 16.7 Å². The number of hydrogen-bond acceptors (Lipinski definition) is 3. The zero-order valence-electron chi connectivity index (χ0n) is 13.0. The molecule has 1 aromatic rings. The second-order valence-electron chi connectivity index (χ2n) is 5.72. The largest absolute Gasteiger partial charge is 0.324 e. The van der Waals surface area contributed by atoms with Crippen molar-refractivity contribution < 1.29 is 9.59 Å². The lowest BCUT2D eigenvalue weighted by Gasteiger charge is -2.25. The van der Waals surface area contributed by atoms with E-state index in [2.05, 4.69) is 5.32 Å². The van der Waals surface area contributed by atoms with Crippen LogP contribution in [0.3, 0.4) is 0 Å². The van der Waals surface area contributed by atoms with Gasteiger partial charge in [-0.1, -0.05) is 26.0 Å². The van der Waals surface area contributed by atoms with Crippen molar-refractivity contribution in [3.05, 3.63) is 29.3 Å². The third-order valence-electron chi connectivity index (χ3n) is 3.82. The Morgan fingerprint density at radius 3 is 2.71 bits per heavy atom. The molecular formula is C16H22N2O2S. The van der Waals surface area contributed by atoms with Crippen molar-refractivity contribution in [3.63, 3.8) is 0 Å². The highest BCUT2D eigenvalue weighted by molar-refractivity contribution is 7.99. The van der Waals surface area contributed by atoms with E-state index in [0.717, 1.165) is 16.8 Å². The van der Waals surface area contributed by atoms with Crippen LogP contribution in [-0.4, -0.2) is 34.4 Å². The lowest BCUT2D eigenvalue weighted by molar-refractivity contribution is -0.138. The number of rotatable bonds is 3. The second kappa shape index (κ2) is 6.52. The highest BCUT2D eigenvalue weighted by atomic mass is 32.2. The van der Waals surface area contributed by atoms with E-state index in [-0.39, 0.29) is 23.8 Å². The van der Waals surface area contributed by atoms with Gasteiger partial charge in [0.2, 0.25) is 11.8 Å². The van der Waals surface area contributed by atoms with E-state index < -0.39 is 0 Å². The Kier molecular flexibility index (Phi) is 4.93. The summed E-state index contributed by atoms with van der Waals surface area (Å²) in [6.07, 6.45) is 0. The molecule has 1 atom stereocenters. The lowest BCUT2D eigenvalue weighted by atomic mass is 10.1. The van der Waals surface area contributed by atoms with Gasteiger partial charge in [-0.15, -0.1) is 11.8 Å². The van der Waals surface area contributed by atoms with Crippen LogP contribution in [0.5, 0.6) is 0 Å². The highest BCUT2D eigenvalue weighted by Crippen LogP contribution is 2.25. The van der Waals surface area contributed by atoms with Crippen molar-refractivity contribution >= 4 is 29.3 Å². The van der Waals surface area contributed by atoms with Gasteiger partial charge in [0.15, 0.2) is 0 Å². The van der Waals surface area contributed by atoms with Crippen molar-refractivity contribution in [2.45, 2.75) is 33.7 Å². The van der Waals surface area contributed by atoms with Gasteiger partial charge in [-0.3, -0.25) is 9.59 Å². The summed E-state index contributed by atoms with van der Waals surface area (Å²) in [6.45, 7) is 7.74. The quantitative estimate of drug-likeness (QED) is 0.934. The summed E-state index contributed by atoms with van der Waals surface area (Å²) in [6, 6.07) is 5.48. The first-order chi connectivity index (χ1) is 9.91. The van der Waals surface area contributed by atoms with Crippen molar-refractivity contribution in [1.29, 1.82) is 0 Å². The van der Waals surface area contributed by atoms with Crippen molar-refractivity contribution in [2.24, 2.45) is 5.92 Å². The molecule has 0 saturated carbocycles. The molecule has 1 saturated heterocycles. The van der Waals surface area contributed by atoms with Gasteiger partial charge in [0.05, 0.1) is 5.88 Å². The highest BCUT2D eigenvalue weighted by Gasteiger charge is 2.35. The van der Waals surface area contributed by atoms with E-state index in [1.165, 1.54) is 0 Å². The molecule has 0 radical (unpaired) electrons. The third-order valence-corrected chi connectivity index (χ3v) is 4.84. The Morgan fingerprint density at radius 1 is 1.33 bits per heavy atom. The Bertz CT molecular complexity index is 557. The molecule has 1 aliphatic heterocycles. The second-order valence-corrected chi connectivity index (χ2v) is 6.71. The van der Waals surface area contributed by atoms with E-state index in [9.17, 15) is 9.59 Å². The van der Waals surface area contributed by atoms with Gasteiger partial charge < -0.3 is 10.2 Å². The van der Waals surface area contributed by atoms with E-state index in [0.29, 0.717) is 11.6 Å². The number of hydrogen-bond donors (Lipinski definition) is 1. The number of nitrogens with zero attached hydrogens (tertiary/aromatic N) is 1. The summed E-state index contributed by atoms with van der Waals surface area (Å²) >= 11 is 1.63. The van der Waals surface area contributed by atoms with Crippen LogP contribution in [0.1, 0.15) is 25.0 Å². The number of benzene rings is 1. The SMILES string of the molecule is Cc1cccc(NC(=O)[C@H]2CSCN2C(=O)C(C)C)c1C. The van der Waals surface area contributed by atoms with Crippen LogP contribution in [0, 0.1) is 19.8 Å². The van der Waals surface area contributed by atoms with E-state index in [1.807, 2.05) is 45.9 Å². The first kappa shape index (κ1) is 15.9. The van der Waals surface area contributed by atoms with Gasteiger partial charge in [0.1, 0.15) is 6.04 Å². The first-order valence-electron chi connectivity index (χ1n) is 7.17. The standard InChI is InChI=1S/C16H22N2O2S/c1-10(2)16(20)18-9-21-8-14(18)15(19)17-13-7-5-6-11(3)12(13)4/h5-7,10,14H,8-9H2,1-4H3,(H,17,19)/t14-/m1/s1. The minimum Gasteiger partial charge on any atom is -0.324 e. The maximum absolute atomic E-state index is 12.5. The minimum atomic E-state index is -0.371. The fourth-order valence-corrected chi connectivity index (χ4v) is 3.48. The molecule has 5 heteroatoms. The van der Waals surface area contributed by atoms with E-state index in [4.69, 9.17) is 0 Å². The topological polar surface area (TPSA) is 49.4 Å². The molecule has 0 bridgehead atoms. The summed E-state index contributed by atoms with van der Waals surface area (Å²) in [5.74, 6) is 1.13. The number of anilines is 1. The van der Waals surface area contributed by atoms with Gasteiger partial charge in [-0.2, -0.15) is 0 Å². The molecule has 1 aromatic carbocycles. The van der Waals surface area contributed by atoms with Crippen molar-refractivity contribution in [2.75, 3.05) is 16.9 Å². The molecular weight excluding hydrogens is 284 g/mol. The van der Waals surface area contributed by atoms with Crippen LogP contribution >= 0.6 is 11.8 Å². The molecule has 2 amide bonds. The maximum atomic E-state index is 12.5. The van der Waals surface area contributed by atoms with Crippen LogP contribution in [0.2, 0.25) is 0 Å². The molecule has 0 spiro atoms. The van der Waals surface area contributed by atoms with Crippen LogP contribution in [0.25, 0.3) is 0 Å². The zero-order valence-corrected chi connectivity index (χ0v) is 13.8. The van der Waals surface area contributed by atoms with Gasteiger partial charge >= 0.3 is 0 Å². The summed E-state index contributed by atoms with van der Waals surface area (Å²) in [5.41, 5.74) is 3.04. The molecule has 21 heavy (non-hydrogen) atoms. The Hall–Kier alpha value is -1.49. The smallest absolute Gasteiger partial charge is 0.248 e. The lowest BCUT2D eigenvalue weighted by Crippen LogP contribution is -2.46. The Labute approximate surface area is 130 Å². The van der Waals surface area contributed by atoms with Crippen LogP contribution in [0.15, 0.2) is 18.2 Å². The Balaban J connectivity index is 2.12. The van der Waals surface area contributed by atoms with Crippen molar-refractivity contribution in [3.8, 4) is 0 Å². The van der Waals surface area contributed by atoms with Gasteiger partial charge in [-0.05, 0) is 31.0 Å². The van der Waals surface area contributed by atoms with Gasteiger partial charge in [0, 0.05) is 17.4 Å². The molecule has 4 nitrogen and oxygen atoms in total. The number of carbonyl (C=O) groups is 2. The summed E-state index contributed by atoms with van der Waals surface area (Å²) in [5, 5.41) is 2.97. The van der Waals surface area contributed by atoms with Crippen LogP contribution in [-0.2, 0) is 9.59 Å². The molecule has 0 unspecified atom stereocenters. The van der Waals surface area contributed by atoms with Crippen molar-refractivity contribution in [1.82, 2.24) is 4.90 Å². The number of aryl methyl sites for hydroxylation is 1. The Morgan fingerprint density at radius 2 is 2.05 bits per heavy atom. The van der Waals surface area contributed by atoms with E-state index >= 15 is 0 Å². The predicted octanol–water partition coefficient (Wildman–Crippen LogP) is 2.80. The molecule has 1 fully saturated rings.